The molecule has 5 atom stereocenters. The molecule has 0 aromatic heterocycles. The lowest BCUT2D eigenvalue weighted by molar-refractivity contribution is -0.214. The minimum atomic E-state index is -1.34. The van der Waals surface area contributed by atoms with Gasteiger partial charge in [0.2, 0.25) is 0 Å². The van der Waals surface area contributed by atoms with Crippen LogP contribution >= 0.6 is 0 Å². The molecule has 5 heteroatoms. The standard InChI is InChI=1S/C12H20O5/c1-2-3-4-5-6-8-10(14)12(16)11(15)9(7-13)17-8/h8-16H,2-4,7H2,1H3/t8?,9-,10+,11-,12-/m1/s1. The summed E-state index contributed by atoms with van der Waals surface area (Å²) in [5.74, 6) is 5.57. The van der Waals surface area contributed by atoms with Gasteiger partial charge in [-0.05, 0) is 6.42 Å². The van der Waals surface area contributed by atoms with E-state index in [-0.39, 0.29) is 0 Å². The average Bonchev–Trinajstić information content (AvgIpc) is 2.34. The number of aliphatic hydroxyl groups is 4. The normalized spacial score (nSPS) is 37.4. The fraction of sp³-hybridized carbons (Fsp3) is 0.833. The van der Waals surface area contributed by atoms with Crippen LogP contribution in [0, 0.1) is 11.8 Å². The smallest absolute Gasteiger partial charge is 0.147 e. The Bertz CT molecular complexity index is 280. The topological polar surface area (TPSA) is 90.2 Å². The van der Waals surface area contributed by atoms with Crippen LogP contribution in [0.15, 0.2) is 0 Å². The van der Waals surface area contributed by atoms with Crippen LogP contribution in [-0.2, 0) is 4.74 Å². The predicted octanol–water partition coefficient (Wildman–Crippen LogP) is -0.978. The summed E-state index contributed by atoms with van der Waals surface area (Å²) < 4.78 is 5.23. The Kier molecular flexibility index (Phi) is 5.89. The third-order valence-electron chi connectivity index (χ3n) is 2.79. The van der Waals surface area contributed by atoms with Crippen LogP contribution in [0.3, 0.4) is 0 Å². The Hall–Kier alpha value is -0.640. The van der Waals surface area contributed by atoms with Crippen molar-refractivity contribution in [3.8, 4) is 11.8 Å². The Morgan fingerprint density at radius 1 is 1.12 bits per heavy atom. The number of ether oxygens (including phenoxy) is 1. The van der Waals surface area contributed by atoms with Crippen molar-refractivity contribution in [1.29, 1.82) is 0 Å². The van der Waals surface area contributed by atoms with Gasteiger partial charge in [0.25, 0.3) is 0 Å². The molecule has 0 saturated carbocycles. The molecule has 0 radical (unpaired) electrons. The Morgan fingerprint density at radius 2 is 1.82 bits per heavy atom. The van der Waals surface area contributed by atoms with E-state index in [1.54, 1.807) is 0 Å². The first-order chi connectivity index (χ1) is 8.11. The summed E-state index contributed by atoms with van der Waals surface area (Å²) in [6.07, 6.45) is -2.95. The largest absolute Gasteiger partial charge is 0.394 e. The number of aliphatic hydroxyl groups excluding tert-OH is 4. The molecular formula is C12H20O5. The third kappa shape index (κ3) is 3.66. The van der Waals surface area contributed by atoms with Crippen molar-refractivity contribution in [1.82, 2.24) is 0 Å². The molecule has 98 valence electrons. The Labute approximate surface area is 101 Å². The maximum absolute atomic E-state index is 9.66. The highest BCUT2D eigenvalue weighted by atomic mass is 16.5. The Morgan fingerprint density at radius 3 is 2.41 bits per heavy atom. The first-order valence-electron chi connectivity index (χ1n) is 5.90. The van der Waals surface area contributed by atoms with Gasteiger partial charge in [-0.25, -0.2) is 0 Å². The van der Waals surface area contributed by atoms with E-state index in [1.807, 2.05) is 0 Å². The zero-order chi connectivity index (χ0) is 12.8. The van der Waals surface area contributed by atoms with Gasteiger partial charge in [-0.2, -0.15) is 0 Å². The predicted molar refractivity (Wildman–Crippen MR) is 61.1 cm³/mol. The molecule has 1 aliphatic rings. The Balaban J connectivity index is 2.61. The molecule has 0 aromatic rings. The monoisotopic (exact) mass is 244 g/mol. The van der Waals surface area contributed by atoms with Gasteiger partial charge in [0.05, 0.1) is 6.61 Å². The third-order valence-corrected chi connectivity index (χ3v) is 2.79. The van der Waals surface area contributed by atoms with Gasteiger partial charge >= 0.3 is 0 Å². The second-order valence-electron chi connectivity index (χ2n) is 4.17. The molecule has 0 bridgehead atoms. The van der Waals surface area contributed by atoms with E-state index in [0.29, 0.717) is 6.42 Å². The van der Waals surface area contributed by atoms with Crippen molar-refractivity contribution >= 4 is 0 Å². The lowest BCUT2D eigenvalue weighted by Gasteiger charge is -2.37. The van der Waals surface area contributed by atoms with E-state index in [1.165, 1.54) is 0 Å². The molecule has 1 saturated heterocycles. The van der Waals surface area contributed by atoms with Crippen LogP contribution in [-0.4, -0.2) is 57.6 Å². The van der Waals surface area contributed by atoms with Crippen LogP contribution in [0.2, 0.25) is 0 Å². The van der Waals surface area contributed by atoms with Crippen molar-refractivity contribution in [3.63, 3.8) is 0 Å². The zero-order valence-corrected chi connectivity index (χ0v) is 9.91. The van der Waals surface area contributed by atoms with E-state index >= 15 is 0 Å². The molecule has 1 aliphatic heterocycles. The van der Waals surface area contributed by atoms with Gasteiger partial charge in [0.1, 0.15) is 30.5 Å². The summed E-state index contributed by atoms with van der Waals surface area (Å²) in [6.45, 7) is 1.63. The fourth-order valence-electron chi connectivity index (χ4n) is 1.66. The number of unbranched alkanes of at least 4 members (excludes halogenated alkanes) is 2. The van der Waals surface area contributed by atoms with E-state index in [4.69, 9.17) is 9.84 Å². The van der Waals surface area contributed by atoms with Gasteiger partial charge in [0.15, 0.2) is 0 Å². The summed E-state index contributed by atoms with van der Waals surface area (Å²) >= 11 is 0. The molecular weight excluding hydrogens is 224 g/mol. The SMILES string of the molecule is CCCCC#CC1O[C@H](CO)[C@@H](O)[C@H](O)[C@H]1O. The summed E-state index contributed by atoms with van der Waals surface area (Å²) in [7, 11) is 0. The molecule has 1 fully saturated rings. The summed E-state index contributed by atoms with van der Waals surface area (Å²) in [6, 6.07) is 0. The molecule has 0 aliphatic carbocycles. The second-order valence-corrected chi connectivity index (χ2v) is 4.17. The maximum atomic E-state index is 9.66. The summed E-state index contributed by atoms with van der Waals surface area (Å²) in [5, 5.41) is 37.7. The molecule has 0 aromatic carbocycles. The van der Waals surface area contributed by atoms with Crippen LogP contribution in [0.5, 0.6) is 0 Å². The lowest BCUT2D eigenvalue weighted by Crippen LogP contribution is -2.58. The van der Waals surface area contributed by atoms with Crippen molar-refractivity contribution in [3.05, 3.63) is 0 Å². The molecule has 5 nitrogen and oxygen atoms in total. The van der Waals surface area contributed by atoms with Gasteiger partial charge < -0.3 is 25.2 Å². The molecule has 0 spiro atoms. The van der Waals surface area contributed by atoms with E-state index in [9.17, 15) is 15.3 Å². The number of hydrogen-bond acceptors (Lipinski definition) is 5. The van der Waals surface area contributed by atoms with Crippen molar-refractivity contribution in [2.45, 2.75) is 56.7 Å². The van der Waals surface area contributed by atoms with Crippen molar-refractivity contribution in [2.24, 2.45) is 0 Å². The van der Waals surface area contributed by atoms with E-state index in [2.05, 4.69) is 18.8 Å². The maximum Gasteiger partial charge on any atom is 0.147 e. The minimum Gasteiger partial charge on any atom is -0.394 e. The van der Waals surface area contributed by atoms with Gasteiger partial charge in [-0.3, -0.25) is 0 Å². The highest BCUT2D eigenvalue weighted by Gasteiger charge is 2.42. The summed E-state index contributed by atoms with van der Waals surface area (Å²) in [5.41, 5.74) is 0. The first-order valence-corrected chi connectivity index (χ1v) is 5.90. The van der Waals surface area contributed by atoms with E-state index in [0.717, 1.165) is 12.8 Å². The molecule has 1 unspecified atom stereocenters. The fourth-order valence-corrected chi connectivity index (χ4v) is 1.66. The number of hydrogen-bond donors (Lipinski definition) is 4. The van der Waals surface area contributed by atoms with Crippen molar-refractivity contribution < 1.29 is 25.2 Å². The molecule has 4 N–H and O–H groups in total. The molecule has 17 heavy (non-hydrogen) atoms. The van der Waals surface area contributed by atoms with Gasteiger partial charge in [-0.1, -0.05) is 19.3 Å². The van der Waals surface area contributed by atoms with Gasteiger partial charge in [-0.15, -0.1) is 5.92 Å². The van der Waals surface area contributed by atoms with Crippen LogP contribution < -0.4 is 0 Å². The van der Waals surface area contributed by atoms with E-state index < -0.39 is 37.1 Å². The first kappa shape index (κ1) is 14.4. The minimum absolute atomic E-state index is 0.419. The van der Waals surface area contributed by atoms with Crippen LogP contribution in [0.4, 0.5) is 0 Å². The molecule has 1 rings (SSSR count). The molecule has 0 amide bonds. The van der Waals surface area contributed by atoms with Crippen LogP contribution in [0.1, 0.15) is 26.2 Å². The van der Waals surface area contributed by atoms with Crippen molar-refractivity contribution in [2.75, 3.05) is 6.61 Å². The highest BCUT2D eigenvalue weighted by molar-refractivity contribution is 5.11. The lowest BCUT2D eigenvalue weighted by atomic mass is 9.95. The van der Waals surface area contributed by atoms with Crippen LogP contribution in [0.25, 0.3) is 0 Å². The average molecular weight is 244 g/mol. The zero-order valence-electron chi connectivity index (χ0n) is 9.91. The van der Waals surface area contributed by atoms with Gasteiger partial charge in [0, 0.05) is 6.42 Å². The summed E-state index contributed by atoms with van der Waals surface area (Å²) in [4.78, 5) is 0. The number of rotatable bonds is 3. The highest BCUT2D eigenvalue weighted by Crippen LogP contribution is 2.20. The second kappa shape index (κ2) is 6.94. The quantitative estimate of drug-likeness (QED) is 0.378. The molecule has 1 heterocycles.